The van der Waals surface area contributed by atoms with Gasteiger partial charge in [-0.15, -0.1) is 11.3 Å². The summed E-state index contributed by atoms with van der Waals surface area (Å²) >= 11 is 5.64. The van der Waals surface area contributed by atoms with Crippen LogP contribution in [-0.2, 0) is 12.8 Å². The molecule has 1 heterocycles. The van der Waals surface area contributed by atoms with Crippen molar-refractivity contribution >= 4 is 27.3 Å². The zero-order valence-electron chi connectivity index (χ0n) is 12.4. The average Bonchev–Trinajstić information content (AvgIpc) is 2.97. The number of hydrogen-bond acceptors (Lipinski definition) is 2. The number of hydrogen-bond donors (Lipinski definition) is 1. The van der Waals surface area contributed by atoms with E-state index in [-0.39, 0.29) is 0 Å². The van der Waals surface area contributed by atoms with Crippen molar-refractivity contribution in [2.75, 3.05) is 6.54 Å². The van der Waals surface area contributed by atoms with Crippen LogP contribution in [0.5, 0.6) is 0 Å². The van der Waals surface area contributed by atoms with Crippen LogP contribution in [0.25, 0.3) is 0 Å². The van der Waals surface area contributed by atoms with Gasteiger partial charge in [-0.1, -0.05) is 41.1 Å². The van der Waals surface area contributed by atoms with Crippen LogP contribution in [-0.4, -0.2) is 12.6 Å². The first-order valence-electron chi connectivity index (χ1n) is 7.82. The number of likely N-dealkylation sites (N-methyl/N-ethyl adjacent to an activating group) is 1. The minimum absolute atomic E-state index is 0.530. The molecular formula is C18H22BrNS. The molecular weight excluding hydrogens is 342 g/mol. The van der Waals surface area contributed by atoms with Gasteiger partial charge < -0.3 is 5.32 Å². The number of halogens is 1. The summed E-state index contributed by atoms with van der Waals surface area (Å²) in [5.74, 6) is 0.659. The Morgan fingerprint density at radius 3 is 3.00 bits per heavy atom. The maximum Gasteiger partial charge on any atom is 0.0207 e. The van der Waals surface area contributed by atoms with Crippen molar-refractivity contribution in [1.82, 2.24) is 5.32 Å². The van der Waals surface area contributed by atoms with Crippen molar-refractivity contribution in [1.29, 1.82) is 0 Å². The highest BCUT2D eigenvalue weighted by atomic mass is 79.9. The van der Waals surface area contributed by atoms with Crippen LogP contribution in [0.15, 0.2) is 40.2 Å². The second-order valence-corrected chi connectivity index (χ2v) is 7.61. The maximum atomic E-state index is 3.74. The SMILES string of the molecule is CCNC(Cc1ccccc1Br)C1CCCc2sccc21. The van der Waals surface area contributed by atoms with Crippen molar-refractivity contribution in [2.24, 2.45) is 0 Å². The van der Waals surface area contributed by atoms with E-state index in [0.29, 0.717) is 12.0 Å². The standard InChI is InChI=1S/C18H22BrNS/c1-2-20-17(12-13-6-3-4-8-16(13)19)14-7-5-9-18-15(14)10-11-21-18/h3-4,6,8,10-11,14,17,20H,2,5,7,9,12H2,1H3. The van der Waals surface area contributed by atoms with Gasteiger partial charge in [-0.05, 0) is 60.9 Å². The fourth-order valence-electron chi connectivity index (χ4n) is 3.46. The molecule has 1 aliphatic carbocycles. The van der Waals surface area contributed by atoms with E-state index in [1.165, 1.54) is 29.3 Å². The summed E-state index contributed by atoms with van der Waals surface area (Å²) in [6, 6.07) is 11.5. The van der Waals surface area contributed by atoms with Gasteiger partial charge in [0.25, 0.3) is 0 Å². The molecule has 1 aromatic carbocycles. The lowest BCUT2D eigenvalue weighted by Gasteiger charge is -2.31. The molecule has 0 amide bonds. The van der Waals surface area contributed by atoms with Crippen LogP contribution in [0.2, 0.25) is 0 Å². The molecule has 0 spiro atoms. The zero-order chi connectivity index (χ0) is 14.7. The highest BCUT2D eigenvalue weighted by Gasteiger charge is 2.28. The van der Waals surface area contributed by atoms with Crippen molar-refractivity contribution in [2.45, 2.75) is 44.6 Å². The van der Waals surface area contributed by atoms with Crippen LogP contribution in [0.4, 0.5) is 0 Å². The molecule has 1 nitrogen and oxygen atoms in total. The summed E-state index contributed by atoms with van der Waals surface area (Å²) in [6.07, 6.45) is 5.01. The van der Waals surface area contributed by atoms with Crippen LogP contribution >= 0.6 is 27.3 Å². The molecule has 0 saturated heterocycles. The van der Waals surface area contributed by atoms with E-state index in [2.05, 4.69) is 63.9 Å². The lowest BCUT2D eigenvalue weighted by Crippen LogP contribution is -2.38. The molecule has 0 saturated carbocycles. The van der Waals surface area contributed by atoms with E-state index < -0.39 is 0 Å². The fourth-order valence-corrected chi connectivity index (χ4v) is 4.90. The Morgan fingerprint density at radius 1 is 1.33 bits per heavy atom. The van der Waals surface area contributed by atoms with Gasteiger partial charge in [-0.2, -0.15) is 0 Å². The second kappa shape index (κ2) is 7.08. The third-order valence-electron chi connectivity index (χ3n) is 4.45. The summed E-state index contributed by atoms with van der Waals surface area (Å²) in [6.45, 7) is 3.25. The smallest absolute Gasteiger partial charge is 0.0207 e. The molecule has 112 valence electrons. The summed E-state index contributed by atoms with van der Waals surface area (Å²) in [4.78, 5) is 1.61. The van der Waals surface area contributed by atoms with Gasteiger partial charge in [-0.25, -0.2) is 0 Å². The second-order valence-electron chi connectivity index (χ2n) is 5.76. The van der Waals surface area contributed by atoms with Crippen LogP contribution in [0.3, 0.4) is 0 Å². The molecule has 2 unspecified atom stereocenters. The first-order valence-corrected chi connectivity index (χ1v) is 9.50. The Hall–Kier alpha value is -0.640. The van der Waals surface area contributed by atoms with Crippen molar-refractivity contribution in [3.05, 3.63) is 56.2 Å². The predicted octanol–water partition coefficient (Wildman–Crippen LogP) is 5.15. The largest absolute Gasteiger partial charge is 0.313 e. The molecule has 21 heavy (non-hydrogen) atoms. The number of nitrogens with one attached hydrogen (secondary N) is 1. The molecule has 2 aromatic rings. The summed E-state index contributed by atoms with van der Waals surface area (Å²) in [5.41, 5.74) is 3.01. The molecule has 1 N–H and O–H groups in total. The minimum Gasteiger partial charge on any atom is -0.313 e. The highest BCUT2D eigenvalue weighted by Crippen LogP contribution is 2.38. The average molecular weight is 364 g/mol. The first-order chi connectivity index (χ1) is 10.3. The lowest BCUT2D eigenvalue weighted by molar-refractivity contribution is 0.398. The van der Waals surface area contributed by atoms with Crippen LogP contribution < -0.4 is 5.32 Å². The van der Waals surface area contributed by atoms with Gasteiger partial charge in [0.15, 0.2) is 0 Å². The van der Waals surface area contributed by atoms with Gasteiger partial charge in [-0.3, -0.25) is 0 Å². The van der Waals surface area contributed by atoms with Crippen LogP contribution in [0, 0.1) is 0 Å². The Morgan fingerprint density at radius 2 is 2.19 bits per heavy atom. The zero-order valence-corrected chi connectivity index (χ0v) is 14.8. The number of fused-ring (bicyclic) bond motifs is 1. The van der Waals surface area contributed by atoms with E-state index in [1.54, 1.807) is 10.4 Å². The minimum atomic E-state index is 0.530. The summed E-state index contributed by atoms with van der Waals surface area (Å²) in [5, 5.41) is 6.01. The van der Waals surface area contributed by atoms with E-state index in [1.807, 2.05) is 11.3 Å². The van der Waals surface area contributed by atoms with E-state index >= 15 is 0 Å². The first kappa shape index (κ1) is 15.3. The Balaban J connectivity index is 1.84. The number of thiophene rings is 1. The Bertz CT molecular complexity index is 592. The molecule has 3 rings (SSSR count). The summed E-state index contributed by atoms with van der Waals surface area (Å²) in [7, 11) is 0. The lowest BCUT2D eigenvalue weighted by atomic mass is 9.80. The molecule has 1 aliphatic rings. The van der Waals surface area contributed by atoms with Gasteiger partial charge in [0, 0.05) is 21.3 Å². The van der Waals surface area contributed by atoms with Gasteiger partial charge in [0.2, 0.25) is 0 Å². The maximum absolute atomic E-state index is 3.74. The quantitative estimate of drug-likeness (QED) is 0.774. The molecule has 0 aliphatic heterocycles. The molecule has 1 aromatic heterocycles. The fraction of sp³-hybridized carbons (Fsp3) is 0.444. The highest BCUT2D eigenvalue weighted by molar-refractivity contribution is 9.10. The van der Waals surface area contributed by atoms with Crippen molar-refractivity contribution < 1.29 is 0 Å². The van der Waals surface area contributed by atoms with Crippen LogP contribution in [0.1, 0.15) is 41.7 Å². The Kier molecular flexibility index (Phi) is 5.15. The third-order valence-corrected chi connectivity index (χ3v) is 6.22. The molecule has 0 fully saturated rings. The molecule has 2 atom stereocenters. The van der Waals surface area contributed by atoms with Gasteiger partial charge in [0.1, 0.15) is 0 Å². The van der Waals surface area contributed by atoms with Gasteiger partial charge in [0.05, 0.1) is 0 Å². The predicted molar refractivity (Wildman–Crippen MR) is 95.3 cm³/mol. The molecule has 0 bridgehead atoms. The van der Waals surface area contributed by atoms with E-state index in [9.17, 15) is 0 Å². The number of rotatable bonds is 5. The number of aryl methyl sites for hydroxylation is 1. The van der Waals surface area contributed by atoms with Gasteiger partial charge >= 0.3 is 0 Å². The third kappa shape index (κ3) is 3.41. The molecule has 3 heteroatoms. The summed E-state index contributed by atoms with van der Waals surface area (Å²) < 4.78 is 1.23. The van der Waals surface area contributed by atoms with E-state index in [0.717, 1.165) is 13.0 Å². The number of benzene rings is 1. The normalized spacial score (nSPS) is 19.2. The molecule has 0 radical (unpaired) electrons. The van der Waals surface area contributed by atoms with Crippen molar-refractivity contribution in [3.63, 3.8) is 0 Å². The monoisotopic (exact) mass is 363 g/mol. The van der Waals surface area contributed by atoms with E-state index in [4.69, 9.17) is 0 Å². The Labute approximate surface area is 139 Å². The topological polar surface area (TPSA) is 12.0 Å². The van der Waals surface area contributed by atoms with Crippen molar-refractivity contribution in [3.8, 4) is 0 Å².